The number of nitrogens with zero attached hydrogens (tertiary/aromatic N) is 1. The van der Waals surface area contributed by atoms with Gasteiger partial charge in [0.05, 0.1) is 16.7 Å². The summed E-state index contributed by atoms with van der Waals surface area (Å²) in [7, 11) is 0. The molecule has 1 heterocycles. The third-order valence-electron chi connectivity index (χ3n) is 4.95. The Bertz CT molecular complexity index is 784. The second kappa shape index (κ2) is 9.91. The predicted molar refractivity (Wildman–Crippen MR) is 117 cm³/mol. The van der Waals surface area contributed by atoms with Crippen LogP contribution in [0.2, 0.25) is 10.0 Å². The van der Waals surface area contributed by atoms with Crippen molar-refractivity contribution in [1.29, 1.82) is 0 Å². The number of aliphatic hydroxyl groups excluding tert-OH is 1. The van der Waals surface area contributed by atoms with Crippen LogP contribution in [0.1, 0.15) is 88.2 Å². The van der Waals surface area contributed by atoms with Gasteiger partial charge in [-0.05, 0) is 53.5 Å². The van der Waals surface area contributed by atoms with Crippen LogP contribution in [-0.4, -0.2) is 10.1 Å². The topological polar surface area (TPSA) is 33.1 Å². The van der Waals surface area contributed by atoms with Gasteiger partial charge in [0.25, 0.3) is 0 Å². The van der Waals surface area contributed by atoms with Crippen LogP contribution in [0.15, 0.2) is 18.2 Å². The van der Waals surface area contributed by atoms with E-state index in [9.17, 15) is 5.11 Å². The fourth-order valence-corrected chi connectivity index (χ4v) is 3.92. The van der Waals surface area contributed by atoms with Crippen molar-refractivity contribution in [2.24, 2.45) is 0 Å². The number of rotatable bonds is 8. The Kier molecular flexibility index (Phi) is 8.15. The average molecular weight is 408 g/mol. The van der Waals surface area contributed by atoms with Gasteiger partial charge in [0.1, 0.15) is 0 Å². The minimum absolute atomic E-state index is 0.0325. The molecule has 27 heavy (non-hydrogen) atoms. The van der Waals surface area contributed by atoms with Gasteiger partial charge in [0.2, 0.25) is 0 Å². The van der Waals surface area contributed by atoms with Crippen LogP contribution in [0, 0.1) is 0 Å². The third-order valence-corrected chi connectivity index (χ3v) is 5.69. The number of aliphatic hydroxyl groups is 1. The zero-order valence-electron chi connectivity index (χ0n) is 17.1. The molecule has 1 aromatic heterocycles. The molecule has 2 nitrogen and oxygen atoms in total. The van der Waals surface area contributed by atoms with Crippen LogP contribution in [0.4, 0.5) is 0 Å². The van der Waals surface area contributed by atoms with Gasteiger partial charge in [0, 0.05) is 17.0 Å². The first kappa shape index (κ1) is 22.2. The molecule has 148 valence electrons. The average Bonchev–Trinajstić information content (AvgIpc) is 2.62. The van der Waals surface area contributed by atoms with Crippen molar-refractivity contribution >= 4 is 23.2 Å². The summed E-state index contributed by atoms with van der Waals surface area (Å²) in [4.78, 5) is 5.03. The quantitative estimate of drug-likeness (QED) is 0.458. The summed E-state index contributed by atoms with van der Waals surface area (Å²) >= 11 is 12.5. The van der Waals surface area contributed by atoms with Crippen LogP contribution >= 0.6 is 23.2 Å². The lowest BCUT2D eigenvalue weighted by Gasteiger charge is -2.24. The second-order valence-corrected chi connectivity index (χ2v) is 8.58. The van der Waals surface area contributed by atoms with Crippen LogP contribution in [0.3, 0.4) is 0 Å². The molecule has 0 radical (unpaired) electrons. The zero-order valence-corrected chi connectivity index (χ0v) is 18.6. The highest BCUT2D eigenvalue weighted by molar-refractivity contribution is 6.42. The molecule has 1 aromatic carbocycles. The maximum atomic E-state index is 10.3. The molecule has 0 spiro atoms. The van der Waals surface area contributed by atoms with Gasteiger partial charge in [-0.3, -0.25) is 4.98 Å². The maximum absolute atomic E-state index is 10.3. The van der Waals surface area contributed by atoms with Gasteiger partial charge in [-0.15, -0.1) is 0 Å². The SMILES string of the molecule is CCCCCc1c(C(C)C)nc(C(C)C)c(CO)c1-c1ccc(Cl)c(Cl)c1. The minimum Gasteiger partial charge on any atom is -0.392 e. The number of hydrogen-bond donors (Lipinski definition) is 1. The Balaban J connectivity index is 2.82. The Morgan fingerprint density at radius 1 is 0.926 bits per heavy atom. The van der Waals surface area contributed by atoms with E-state index in [4.69, 9.17) is 28.2 Å². The van der Waals surface area contributed by atoms with Crippen molar-refractivity contribution < 1.29 is 5.11 Å². The first-order valence-electron chi connectivity index (χ1n) is 9.93. The molecule has 0 saturated carbocycles. The molecule has 0 aliphatic carbocycles. The number of unbranched alkanes of at least 4 members (excludes halogenated alkanes) is 2. The summed E-state index contributed by atoms with van der Waals surface area (Å²) in [5.41, 5.74) is 6.36. The van der Waals surface area contributed by atoms with Crippen molar-refractivity contribution in [3.05, 3.63) is 50.8 Å². The smallest absolute Gasteiger partial charge is 0.0705 e. The van der Waals surface area contributed by atoms with E-state index < -0.39 is 0 Å². The molecule has 0 atom stereocenters. The van der Waals surface area contributed by atoms with Gasteiger partial charge >= 0.3 is 0 Å². The zero-order chi connectivity index (χ0) is 20.1. The Morgan fingerprint density at radius 2 is 1.56 bits per heavy atom. The van der Waals surface area contributed by atoms with Crippen molar-refractivity contribution in [1.82, 2.24) is 4.98 Å². The Labute approximate surface area is 173 Å². The van der Waals surface area contributed by atoms with E-state index in [0.29, 0.717) is 16.0 Å². The summed E-state index contributed by atoms with van der Waals surface area (Å²) < 4.78 is 0. The molecule has 0 bridgehead atoms. The fourth-order valence-electron chi connectivity index (χ4n) is 3.62. The predicted octanol–water partition coefficient (Wildman–Crippen LogP) is 7.53. The normalized spacial score (nSPS) is 11.6. The molecule has 2 aromatic rings. The van der Waals surface area contributed by atoms with Gasteiger partial charge in [-0.1, -0.05) is 76.7 Å². The molecule has 0 unspecified atom stereocenters. The molecule has 4 heteroatoms. The third kappa shape index (κ3) is 5.04. The van der Waals surface area contributed by atoms with Crippen molar-refractivity contribution in [2.75, 3.05) is 0 Å². The molecule has 0 amide bonds. The second-order valence-electron chi connectivity index (χ2n) is 7.77. The number of halogens is 2. The highest BCUT2D eigenvalue weighted by Crippen LogP contribution is 2.39. The van der Waals surface area contributed by atoms with E-state index in [2.05, 4.69) is 34.6 Å². The highest BCUT2D eigenvalue weighted by Gasteiger charge is 2.23. The van der Waals surface area contributed by atoms with E-state index >= 15 is 0 Å². The van der Waals surface area contributed by atoms with Crippen molar-refractivity contribution in [3.63, 3.8) is 0 Å². The van der Waals surface area contributed by atoms with Crippen LogP contribution in [-0.2, 0) is 13.0 Å². The minimum atomic E-state index is -0.0325. The highest BCUT2D eigenvalue weighted by atomic mass is 35.5. The standard InChI is InChI=1S/C23H31Cl2NO/c1-6-7-8-9-17-21(16-10-11-19(24)20(25)12-16)18(13-27)23(15(4)5)26-22(17)14(2)3/h10-12,14-15,27H,6-9,13H2,1-5H3. The number of pyridine rings is 1. The molecule has 0 aliphatic heterocycles. The summed E-state index contributed by atoms with van der Waals surface area (Å²) in [5, 5.41) is 11.3. The molecule has 0 fully saturated rings. The van der Waals surface area contributed by atoms with Crippen molar-refractivity contribution in [3.8, 4) is 11.1 Å². The summed E-state index contributed by atoms with van der Waals surface area (Å²) in [6.07, 6.45) is 4.41. The first-order chi connectivity index (χ1) is 12.8. The number of hydrogen-bond acceptors (Lipinski definition) is 2. The fraction of sp³-hybridized carbons (Fsp3) is 0.522. The van der Waals surface area contributed by atoms with Crippen LogP contribution < -0.4 is 0 Å². The number of benzene rings is 1. The molecular weight excluding hydrogens is 377 g/mol. The Hall–Kier alpha value is -1.09. The first-order valence-corrected chi connectivity index (χ1v) is 10.7. The van der Waals surface area contributed by atoms with Crippen LogP contribution in [0.25, 0.3) is 11.1 Å². The maximum Gasteiger partial charge on any atom is 0.0705 e. The number of aromatic nitrogens is 1. The lowest BCUT2D eigenvalue weighted by molar-refractivity contribution is 0.279. The summed E-state index contributed by atoms with van der Waals surface area (Å²) in [6.45, 7) is 10.8. The lowest BCUT2D eigenvalue weighted by Crippen LogP contribution is -2.12. The summed E-state index contributed by atoms with van der Waals surface area (Å²) in [6, 6.07) is 5.75. The van der Waals surface area contributed by atoms with E-state index in [-0.39, 0.29) is 12.5 Å². The summed E-state index contributed by atoms with van der Waals surface area (Å²) in [5.74, 6) is 0.546. The lowest BCUT2D eigenvalue weighted by atomic mass is 9.85. The molecular formula is C23H31Cl2NO. The van der Waals surface area contributed by atoms with Gasteiger partial charge in [-0.25, -0.2) is 0 Å². The Morgan fingerprint density at radius 3 is 2.07 bits per heavy atom. The largest absolute Gasteiger partial charge is 0.392 e. The van der Waals surface area contributed by atoms with Gasteiger partial charge in [0.15, 0.2) is 0 Å². The monoisotopic (exact) mass is 407 g/mol. The molecule has 0 saturated heterocycles. The van der Waals surface area contributed by atoms with E-state index in [0.717, 1.165) is 40.9 Å². The molecule has 0 aliphatic rings. The van der Waals surface area contributed by atoms with E-state index in [1.54, 1.807) is 0 Å². The molecule has 1 N–H and O–H groups in total. The van der Waals surface area contributed by atoms with E-state index in [1.807, 2.05) is 18.2 Å². The van der Waals surface area contributed by atoms with Crippen molar-refractivity contribution in [2.45, 2.75) is 78.7 Å². The van der Waals surface area contributed by atoms with Crippen LogP contribution in [0.5, 0.6) is 0 Å². The van der Waals surface area contributed by atoms with Gasteiger partial charge in [-0.2, -0.15) is 0 Å². The van der Waals surface area contributed by atoms with Gasteiger partial charge < -0.3 is 5.11 Å². The van der Waals surface area contributed by atoms with E-state index in [1.165, 1.54) is 18.4 Å². The molecule has 2 rings (SSSR count).